The van der Waals surface area contributed by atoms with Crippen molar-refractivity contribution in [2.24, 2.45) is 11.8 Å². The number of carbonyl (C=O) groups is 4. The van der Waals surface area contributed by atoms with Crippen LogP contribution in [0.3, 0.4) is 0 Å². The Hall–Kier alpha value is -7.17. The molecule has 16 nitrogen and oxygen atoms in total. The van der Waals surface area contributed by atoms with Crippen LogP contribution in [0.1, 0.15) is 88.9 Å². The molecule has 4 N–H and O–H groups in total. The normalized spacial score (nSPS) is 18.8. The number of H-pyrrole nitrogens is 2. The number of imidazole rings is 2. The summed E-state index contributed by atoms with van der Waals surface area (Å²) in [7, 11) is 2.56. The summed E-state index contributed by atoms with van der Waals surface area (Å²) in [5.74, 6) is 0.961. The number of aromatic nitrogens is 5. The molecular formula is C49H54FN9O7. The summed E-state index contributed by atoms with van der Waals surface area (Å²) in [6.07, 6.45) is 4.68. The van der Waals surface area contributed by atoms with Gasteiger partial charge in [0, 0.05) is 40.7 Å². The summed E-state index contributed by atoms with van der Waals surface area (Å²) >= 11 is 0. The molecule has 0 radical (unpaired) electrons. The van der Waals surface area contributed by atoms with Gasteiger partial charge in [0.1, 0.15) is 35.3 Å². The lowest BCUT2D eigenvalue weighted by Crippen LogP contribution is -2.51. The quantitative estimate of drug-likeness (QED) is 0.0993. The van der Waals surface area contributed by atoms with E-state index in [0.717, 1.165) is 75.9 Å². The number of carbonyl (C=O) groups excluding carboxylic acids is 4. The van der Waals surface area contributed by atoms with Gasteiger partial charge in [-0.1, -0.05) is 52.0 Å². The van der Waals surface area contributed by atoms with E-state index in [1.54, 1.807) is 34.3 Å². The van der Waals surface area contributed by atoms with Crippen LogP contribution in [-0.4, -0.2) is 97.7 Å². The van der Waals surface area contributed by atoms with E-state index < -0.39 is 30.5 Å². The maximum absolute atomic E-state index is 14.3. The lowest BCUT2D eigenvalue weighted by atomic mass is 10.0. The van der Waals surface area contributed by atoms with Gasteiger partial charge < -0.3 is 49.2 Å². The van der Waals surface area contributed by atoms with Crippen molar-refractivity contribution in [2.45, 2.75) is 83.8 Å². The minimum atomic E-state index is -0.741. The molecular weight excluding hydrogens is 846 g/mol. The Balaban J connectivity index is 1.01. The molecule has 66 heavy (non-hydrogen) atoms. The second-order valence-electron chi connectivity index (χ2n) is 17.9. The number of aromatic amines is 2. The fourth-order valence-electron chi connectivity index (χ4n) is 9.57. The zero-order chi connectivity index (χ0) is 46.4. The predicted molar refractivity (Wildman–Crippen MR) is 243 cm³/mol. The van der Waals surface area contributed by atoms with Crippen LogP contribution in [0, 0.1) is 17.7 Å². The van der Waals surface area contributed by atoms with E-state index in [1.165, 1.54) is 26.4 Å². The van der Waals surface area contributed by atoms with Crippen LogP contribution in [-0.2, 0) is 19.1 Å². The van der Waals surface area contributed by atoms with Crippen LogP contribution in [0.5, 0.6) is 5.75 Å². The average Bonchev–Trinajstić information content (AvgIpc) is 4.18. The number of hydrogen-bond acceptors (Lipinski definition) is 9. The fraction of sp³-hybridized carbons (Fsp3) is 0.388. The third kappa shape index (κ3) is 8.22. The summed E-state index contributed by atoms with van der Waals surface area (Å²) in [6, 6.07) is 18.6. The molecule has 17 heteroatoms. The lowest BCUT2D eigenvalue weighted by molar-refractivity contribution is -0.136. The molecule has 9 rings (SSSR count). The standard InChI is InChI=1S/C49H54FN9O7/c1-26(2)41(55-48(62)64-5)45(60)57-19-7-9-37(57)43-51-24-34(53-43)29-14-18-36-31(21-29)22-39-33-17-13-30(23-40(33)66-47(59(36)39)28-11-15-32(50)16-12-28)35-25-52-44(54-35)38-10-8-20-58(38)46(61)42(27(3)4)56-49(63)65-6/h11-18,21-27,37-38,41-42,47H,7-10,19-20H2,1-6H3,(H,51,53)(H,52,54)(H,55,62)(H,56,63)/t37-,38-,41-,42-,47?/m0/s1. The van der Waals surface area contributed by atoms with Crippen LogP contribution < -0.4 is 15.4 Å². The second-order valence-corrected chi connectivity index (χ2v) is 17.9. The molecule has 3 aliphatic heterocycles. The summed E-state index contributed by atoms with van der Waals surface area (Å²) in [4.78, 5) is 71.8. The highest BCUT2D eigenvalue weighted by Gasteiger charge is 2.39. The maximum Gasteiger partial charge on any atom is 0.407 e. The molecule has 0 bridgehead atoms. The summed E-state index contributed by atoms with van der Waals surface area (Å²) in [5, 5.41) is 6.36. The third-order valence-corrected chi connectivity index (χ3v) is 13.0. The van der Waals surface area contributed by atoms with Crippen LogP contribution in [0.15, 0.2) is 79.1 Å². The summed E-state index contributed by atoms with van der Waals surface area (Å²) < 4.78 is 32.9. The van der Waals surface area contributed by atoms with Gasteiger partial charge in [0.05, 0.1) is 61.3 Å². The van der Waals surface area contributed by atoms with Gasteiger partial charge in [-0.2, -0.15) is 0 Å². The SMILES string of the molecule is COC(=O)N[C@H](C(=O)N1CCC[C@H]1c1ncc(-c2ccc3c(c2)OC(c2ccc(F)cc2)n2c-3cc3cc(-c4cnc([C@@H]5CCCN5C(=O)[C@@H](NC(=O)OC)C(C)C)[nH]4)ccc32)[nH]1)C(C)C. The highest BCUT2D eigenvalue weighted by Crippen LogP contribution is 2.46. The number of alkyl carbamates (subject to hydrolysis) is 2. The van der Waals surface area contributed by atoms with E-state index in [4.69, 9.17) is 24.2 Å². The molecule has 3 aromatic carbocycles. The van der Waals surface area contributed by atoms with Gasteiger partial charge >= 0.3 is 12.2 Å². The predicted octanol–water partition coefficient (Wildman–Crippen LogP) is 8.26. The summed E-state index contributed by atoms with van der Waals surface area (Å²) in [6.45, 7) is 8.64. The number of methoxy groups -OCH3 is 2. The topological polar surface area (TPSA) is 189 Å². The number of halogens is 1. The molecule has 6 heterocycles. The number of benzene rings is 3. The van der Waals surface area contributed by atoms with E-state index in [-0.39, 0.29) is 41.6 Å². The van der Waals surface area contributed by atoms with E-state index in [1.807, 2.05) is 58.0 Å². The molecule has 4 amide bonds. The van der Waals surface area contributed by atoms with Gasteiger partial charge in [0.25, 0.3) is 0 Å². The molecule has 3 aromatic heterocycles. The number of nitrogens with one attached hydrogen (secondary N) is 4. The largest absolute Gasteiger partial charge is 0.465 e. The first kappa shape index (κ1) is 44.1. The third-order valence-electron chi connectivity index (χ3n) is 13.0. The first-order valence-electron chi connectivity index (χ1n) is 22.5. The Morgan fingerprint density at radius 1 is 0.727 bits per heavy atom. The van der Waals surface area contributed by atoms with Gasteiger partial charge in [-0.15, -0.1) is 0 Å². The van der Waals surface area contributed by atoms with Crippen LogP contribution in [0.2, 0.25) is 0 Å². The van der Waals surface area contributed by atoms with Crippen LogP contribution in [0.4, 0.5) is 14.0 Å². The van der Waals surface area contributed by atoms with Crippen molar-refractivity contribution in [2.75, 3.05) is 27.3 Å². The van der Waals surface area contributed by atoms with Gasteiger partial charge in [-0.25, -0.2) is 23.9 Å². The number of ether oxygens (including phenoxy) is 3. The van der Waals surface area contributed by atoms with Crippen molar-refractivity contribution in [3.8, 4) is 39.5 Å². The van der Waals surface area contributed by atoms with Crippen LogP contribution >= 0.6 is 0 Å². The molecule has 6 aromatic rings. The fourth-order valence-corrected chi connectivity index (χ4v) is 9.57. The van der Waals surface area contributed by atoms with Crippen molar-refractivity contribution in [3.63, 3.8) is 0 Å². The zero-order valence-corrected chi connectivity index (χ0v) is 37.8. The van der Waals surface area contributed by atoms with Gasteiger partial charge in [-0.3, -0.25) is 9.59 Å². The average molecular weight is 900 g/mol. The molecule has 5 atom stereocenters. The van der Waals surface area contributed by atoms with Crippen LogP contribution in [0.25, 0.3) is 44.7 Å². The lowest BCUT2D eigenvalue weighted by Gasteiger charge is -2.30. The maximum atomic E-state index is 14.3. The second kappa shape index (κ2) is 18.0. The Morgan fingerprint density at radius 2 is 1.26 bits per heavy atom. The molecule has 0 aliphatic carbocycles. The van der Waals surface area contributed by atoms with E-state index in [9.17, 15) is 23.6 Å². The Labute approximate surface area is 381 Å². The monoisotopic (exact) mass is 899 g/mol. The summed E-state index contributed by atoms with van der Waals surface area (Å²) in [5.41, 5.74) is 6.75. The van der Waals surface area contributed by atoms with Gasteiger partial charge in [0.2, 0.25) is 18.0 Å². The van der Waals surface area contributed by atoms with Crippen molar-refractivity contribution >= 4 is 34.9 Å². The van der Waals surface area contributed by atoms with E-state index in [2.05, 4.69) is 37.3 Å². The minimum absolute atomic E-state index is 0.145. The molecule has 3 aliphatic rings. The number of rotatable bonds is 11. The first-order chi connectivity index (χ1) is 31.8. The van der Waals surface area contributed by atoms with Gasteiger partial charge in [-0.05, 0) is 80.0 Å². The minimum Gasteiger partial charge on any atom is -0.465 e. The Bertz CT molecular complexity index is 2800. The smallest absolute Gasteiger partial charge is 0.407 e. The number of fused-ring (bicyclic) bond motifs is 5. The first-order valence-corrected chi connectivity index (χ1v) is 22.5. The van der Waals surface area contributed by atoms with Crippen molar-refractivity contribution in [1.29, 1.82) is 0 Å². The Morgan fingerprint density at radius 3 is 1.79 bits per heavy atom. The highest BCUT2D eigenvalue weighted by molar-refractivity contribution is 5.93. The molecule has 2 saturated heterocycles. The zero-order valence-electron chi connectivity index (χ0n) is 37.8. The molecule has 0 saturated carbocycles. The van der Waals surface area contributed by atoms with Gasteiger partial charge in [0.15, 0.2) is 0 Å². The number of likely N-dealkylation sites (tertiary alicyclic amines) is 2. The number of amides is 4. The van der Waals surface area contributed by atoms with E-state index in [0.29, 0.717) is 30.5 Å². The molecule has 2 fully saturated rings. The van der Waals surface area contributed by atoms with Crippen molar-refractivity contribution < 1.29 is 37.8 Å². The highest BCUT2D eigenvalue weighted by atomic mass is 19.1. The van der Waals surface area contributed by atoms with Crippen molar-refractivity contribution in [1.82, 2.24) is 44.9 Å². The number of nitrogens with zero attached hydrogens (tertiary/aromatic N) is 5. The van der Waals surface area contributed by atoms with E-state index >= 15 is 0 Å². The molecule has 344 valence electrons. The Kier molecular flexibility index (Phi) is 12.0. The number of hydrogen-bond donors (Lipinski definition) is 4. The molecule has 0 spiro atoms. The van der Waals surface area contributed by atoms with Crippen molar-refractivity contribution in [3.05, 3.63) is 102 Å². The molecule has 1 unspecified atom stereocenters.